The Morgan fingerprint density at radius 2 is 1.81 bits per heavy atom. The van der Waals surface area contributed by atoms with Crippen molar-refractivity contribution in [1.29, 1.82) is 0 Å². The van der Waals surface area contributed by atoms with E-state index < -0.39 is 11.9 Å². The quantitative estimate of drug-likeness (QED) is 0.611. The van der Waals surface area contributed by atoms with Gasteiger partial charge >= 0.3 is 0 Å². The molecule has 1 amide bonds. The number of nitrogens with one attached hydrogen (secondary N) is 1. The average Bonchev–Trinajstić information content (AvgIpc) is 2.49. The minimum absolute atomic E-state index is 0.225. The Labute approximate surface area is 127 Å². The molecule has 0 fully saturated rings. The molecule has 21 heavy (non-hydrogen) atoms. The summed E-state index contributed by atoms with van der Waals surface area (Å²) in [6.07, 6.45) is 0. The second-order valence-corrected chi connectivity index (χ2v) is 5.62. The lowest BCUT2D eigenvalue weighted by atomic mass is 10.1. The smallest absolute Gasteiger partial charge is 0.239 e. The normalized spacial score (nSPS) is 12.0. The van der Waals surface area contributed by atoms with E-state index >= 15 is 0 Å². The molecular formula is C16H17FN2OS. The number of nitrogens with two attached hydrogens (primary N) is 1. The number of carbonyl (C=O) groups excluding carboxylic acids is 1. The van der Waals surface area contributed by atoms with E-state index in [-0.39, 0.29) is 5.82 Å². The zero-order valence-electron chi connectivity index (χ0n) is 11.5. The van der Waals surface area contributed by atoms with Gasteiger partial charge in [-0.3, -0.25) is 4.79 Å². The molecule has 5 heteroatoms. The van der Waals surface area contributed by atoms with Crippen LogP contribution < -0.4 is 11.1 Å². The predicted molar refractivity (Wildman–Crippen MR) is 83.5 cm³/mol. The molecule has 0 saturated carbocycles. The largest absolute Gasteiger partial charge is 0.368 e. The van der Waals surface area contributed by atoms with Gasteiger partial charge in [-0.1, -0.05) is 42.5 Å². The molecule has 0 aliphatic carbocycles. The summed E-state index contributed by atoms with van der Waals surface area (Å²) in [5, 5.41) is 3.11. The van der Waals surface area contributed by atoms with Crippen molar-refractivity contribution in [3.8, 4) is 0 Å². The van der Waals surface area contributed by atoms with Crippen molar-refractivity contribution in [2.24, 2.45) is 5.73 Å². The monoisotopic (exact) mass is 304 g/mol. The number of halogens is 1. The van der Waals surface area contributed by atoms with Crippen LogP contribution in [0.1, 0.15) is 11.6 Å². The van der Waals surface area contributed by atoms with E-state index in [2.05, 4.69) is 5.32 Å². The van der Waals surface area contributed by atoms with Gasteiger partial charge < -0.3 is 11.1 Å². The van der Waals surface area contributed by atoms with Crippen molar-refractivity contribution < 1.29 is 9.18 Å². The van der Waals surface area contributed by atoms with E-state index in [1.165, 1.54) is 17.8 Å². The molecule has 0 saturated heterocycles. The summed E-state index contributed by atoms with van der Waals surface area (Å²) in [5.74, 6) is 0.00599. The maximum atomic E-state index is 13.5. The number of amides is 1. The lowest BCUT2D eigenvalue weighted by molar-refractivity contribution is -0.120. The summed E-state index contributed by atoms with van der Waals surface area (Å²) >= 11 is 1.41. The standard InChI is InChI=1S/C16H17FN2OS/c17-13-8-4-5-9-14(13)21-11-10-19-15(16(18)20)12-6-2-1-3-7-12/h1-9,15,19H,10-11H2,(H2,18,20)/t15-/m0/s1. The van der Waals surface area contributed by atoms with Crippen LogP contribution in [0.25, 0.3) is 0 Å². The molecule has 3 nitrogen and oxygen atoms in total. The van der Waals surface area contributed by atoms with Gasteiger partial charge in [-0.2, -0.15) is 0 Å². The van der Waals surface area contributed by atoms with Gasteiger partial charge in [0.05, 0.1) is 0 Å². The SMILES string of the molecule is NC(=O)[C@@H](NCCSc1ccccc1F)c1ccccc1. The molecule has 110 valence electrons. The summed E-state index contributed by atoms with van der Waals surface area (Å²) in [6, 6.07) is 15.4. The van der Waals surface area contributed by atoms with Crippen molar-refractivity contribution in [1.82, 2.24) is 5.32 Å². The lowest BCUT2D eigenvalue weighted by Gasteiger charge is -2.15. The Bertz CT molecular complexity index is 592. The van der Waals surface area contributed by atoms with Gasteiger partial charge in [0.25, 0.3) is 0 Å². The van der Waals surface area contributed by atoms with Gasteiger partial charge in [-0.25, -0.2) is 4.39 Å². The molecular weight excluding hydrogens is 287 g/mol. The highest BCUT2D eigenvalue weighted by atomic mass is 32.2. The minimum Gasteiger partial charge on any atom is -0.368 e. The van der Waals surface area contributed by atoms with Crippen LogP contribution in [-0.4, -0.2) is 18.2 Å². The van der Waals surface area contributed by atoms with E-state index in [4.69, 9.17) is 5.73 Å². The van der Waals surface area contributed by atoms with E-state index in [1.807, 2.05) is 30.3 Å². The molecule has 0 aliphatic rings. The molecule has 0 bridgehead atoms. The summed E-state index contributed by atoms with van der Waals surface area (Å²) in [7, 11) is 0. The average molecular weight is 304 g/mol. The molecule has 0 unspecified atom stereocenters. The number of thioether (sulfide) groups is 1. The maximum absolute atomic E-state index is 13.5. The van der Waals surface area contributed by atoms with Crippen LogP contribution in [0.3, 0.4) is 0 Å². The molecule has 2 rings (SSSR count). The first-order valence-corrected chi connectivity index (χ1v) is 7.62. The van der Waals surface area contributed by atoms with Crippen molar-refractivity contribution in [3.05, 3.63) is 66.0 Å². The molecule has 2 aromatic carbocycles. The number of rotatable bonds is 7. The van der Waals surface area contributed by atoms with Crippen molar-refractivity contribution in [3.63, 3.8) is 0 Å². The number of hydrogen-bond acceptors (Lipinski definition) is 3. The van der Waals surface area contributed by atoms with Crippen LogP contribution in [0.4, 0.5) is 4.39 Å². The van der Waals surface area contributed by atoms with Gasteiger partial charge in [0, 0.05) is 17.2 Å². The minimum atomic E-state index is -0.521. The van der Waals surface area contributed by atoms with Gasteiger partial charge in [-0.15, -0.1) is 11.8 Å². The molecule has 0 aromatic heterocycles. The van der Waals surface area contributed by atoms with Gasteiger partial charge in [0.2, 0.25) is 5.91 Å². The summed E-state index contributed by atoms with van der Waals surface area (Å²) in [4.78, 5) is 12.1. The molecule has 0 radical (unpaired) electrons. The van der Waals surface area contributed by atoms with E-state index in [0.29, 0.717) is 17.2 Å². The molecule has 1 atom stereocenters. The predicted octanol–water partition coefficient (Wildman–Crippen LogP) is 2.73. The van der Waals surface area contributed by atoms with Crippen LogP contribution in [0, 0.1) is 5.82 Å². The molecule has 3 N–H and O–H groups in total. The third kappa shape index (κ3) is 4.58. The Morgan fingerprint density at radius 3 is 2.48 bits per heavy atom. The van der Waals surface area contributed by atoms with Crippen LogP contribution in [0.5, 0.6) is 0 Å². The fourth-order valence-electron chi connectivity index (χ4n) is 1.95. The van der Waals surface area contributed by atoms with E-state index in [9.17, 15) is 9.18 Å². The van der Waals surface area contributed by atoms with E-state index in [1.54, 1.807) is 18.2 Å². The fourth-order valence-corrected chi connectivity index (χ4v) is 2.77. The highest BCUT2D eigenvalue weighted by Gasteiger charge is 2.16. The number of carbonyl (C=O) groups is 1. The van der Waals surface area contributed by atoms with Crippen LogP contribution >= 0.6 is 11.8 Å². The zero-order chi connectivity index (χ0) is 15.1. The highest BCUT2D eigenvalue weighted by molar-refractivity contribution is 7.99. The molecule has 2 aromatic rings. The summed E-state index contributed by atoms with van der Waals surface area (Å²) in [6.45, 7) is 0.557. The topological polar surface area (TPSA) is 55.1 Å². The Morgan fingerprint density at radius 1 is 1.14 bits per heavy atom. The van der Waals surface area contributed by atoms with Gasteiger partial charge in [0.15, 0.2) is 0 Å². The lowest BCUT2D eigenvalue weighted by Crippen LogP contribution is -2.34. The third-order valence-electron chi connectivity index (χ3n) is 2.96. The van der Waals surface area contributed by atoms with Crippen molar-refractivity contribution >= 4 is 17.7 Å². The number of hydrogen-bond donors (Lipinski definition) is 2. The van der Waals surface area contributed by atoms with E-state index in [0.717, 1.165) is 5.56 Å². The summed E-state index contributed by atoms with van der Waals surface area (Å²) < 4.78 is 13.5. The Kier molecular flexibility index (Phi) is 5.78. The number of benzene rings is 2. The van der Waals surface area contributed by atoms with Crippen LogP contribution in [0.2, 0.25) is 0 Å². The first-order valence-electron chi connectivity index (χ1n) is 6.63. The van der Waals surface area contributed by atoms with Gasteiger partial charge in [0.1, 0.15) is 11.9 Å². The Balaban J connectivity index is 1.86. The molecule has 0 aliphatic heterocycles. The van der Waals surface area contributed by atoms with Gasteiger partial charge in [-0.05, 0) is 17.7 Å². The highest BCUT2D eigenvalue weighted by Crippen LogP contribution is 2.20. The van der Waals surface area contributed by atoms with Crippen LogP contribution in [0.15, 0.2) is 59.5 Å². The third-order valence-corrected chi connectivity index (χ3v) is 4.01. The molecule has 0 heterocycles. The summed E-state index contributed by atoms with van der Waals surface area (Å²) in [5.41, 5.74) is 6.25. The van der Waals surface area contributed by atoms with Crippen LogP contribution in [-0.2, 0) is 4.79 Å². The maximum Gasteiger partial charge on any atom is 0.239 e. The van der Waals surface area contributed by atoms with Crippen molar-refractivity contribution in [2.75, 3.05) is 12.3 Å². The molecule has 0 spiro atoms. The fraction of sp³-hybridized carbons (Fsp3) is 0.188. The Hall–Kier alpha value is -1.85. The zero-order valence-corrected chi connectivity index (χ0v) is 12.3. The second-order valence-electron chi connectivity index (χ2n) is 4.48. The number of primary amides is 1. The van der Waals surface area contributed by atoms with Crippen molar-refractivity contribution in [2.45, 2.75) is 10.9 Å². The first-order chi connectivity index (χ1) is 10.2. The second kappa shape index (κ2) is 7.81. The first kappa shape index (κ1) is 15.5.